The highest BCUT2D eigenvalue weighted by molar-refractivity contribution is 5.13. The van der Waals surface area contributed by atoms with Crippen molar-refractivity contribution < 1.29 is 19.7 Å². The summed E-state index contributed by atoms with van der Waals surface area (Å²) in [6.07, 6.45) is -2.16. The fraction of sp³-hybridized carbons (Fsp3) is 0.538. The highest BCUT2D eigenvalue weighted by atomic mass is 16.7. The van der Waals surface area contributed by atoms with E-state index in [0.717, 1.165) is 5.56 Å². The second kappa shape index (κ2) is 5.60. The van der Waals surface area contributed by atoms with Crippen LogP contribution in [0.1, 0.15) is 18.9 Å². The summed E-state index contributed by atoms with van der Waals surface area (Å²) in [5.74, 6) is 0. The zero-order valence-electron chi connectivity index (χ0n) is 9.82. The van der Waals surface area contributed by atoms with Gasteiger partial charge in [-0.25, -0.2) is 0 Å². The lowest BCUT2D eigenvalue weighted by molar-refractivity contribution is -0.249. The van der Waals surface area contributed by atoms with Gasteiger partial charge in [0.2, 0.25) is 0 Å². The lowest BCUT2D eigenvalue weighted by Crippen LogP contribution is -2.47. The summed E-state index contributed by atoms with van der Waals surface area (Å²) in [4.78, 5) is 0. The van der Waals surface area contributed by atoms with E-state index in [0.29, 0.717) is 13.0 Å². The van der Waals surface area contributed by atoms with Crippen LogP contribution in [-0.2, 0) is 16.1 Å². The fourth-order valence-electron chi connectivity index (χ4n) is 1.90. The molecule has 0 aromatic heterocycles. The van der Waals surface area contributed by atoms with Crippen molar-refractivity contribution in [2.75, 3.05) is 0 Å². The molecule has 1 fully saturated rings. The first-order valence-corrected chi connectivity index (χ1v) is 5.84. The number of ether oxygens (including phenoxy) is 2. The summed E-state index contributed by atoms with van der Waals surface area (Å²) >= 11 is 0. The first-order chi connectivity index (χ1) is 8.16. The number of benzene rings is 1. The van der Waals surface area contributed by atoms with Gasteiger partial charge < -0.3 is 19.7 Å². The minimum Gasteiger partial charge on any atom is -0.390 e. The van der Waals surface area contributed by atoms with Crippen LogP contribution in [0.2, 0.25) is 0 Å². The predicted molar refractivity (Wildman–Crippen MR) is 62.2 cm³/mol. The summed E-state index contributed by atoms with van der Waals surface area (Å²) in [5, 5.41) is 19.1. The van der Waals surface area contributed by atoms with Crippen molar-refractivity contribution in [3.8, 4) is 0 Å². The van der Waals surface area contributed by atoms with E-state index < -0.39 is 24.6 Å². The number of aliphatic hydroxyl groups excluding tert-OH is 2. The second-order valence-corrected chi connectivity index (χ2v) is 4.36. The molecule has 0 bridgehead atoms. The number of rotatable bonds is 3. The maximum absolute atomic E-state index is 9.61. The highest BCUT2D eigenvalue weighted by Gasteiger charge is 2.34. The van der Waals surface area contributed by atoms with Crippen LogP contribution in [-0.4, -0.2) is 34.8 Å². The molecule has 4 heteroatoms. The van der Waals surface area contributed by atoms with Crippen LogP contribution < -0.4 is 0 Å². The Hall–Kier alpha value is -0.940. The van der Waals surface area contributed by atoms with Gasteiger partial charge >= 0.3 is 0 Å². The molecule has 0 spiro atoms. The van der Waals surface area contributed by atoms with Gasteiger partial charge in [-0.1, -0.05) is 30.3 Å². The maximum Gasteiger partial charge on any atom is 0.161 e. The summed E-state index contributed by atoms with van der Waals surface area (Å²) in [5.41, 5.74) is 1.06. The molecule has 1 aromatic rings. The standard InChI is InChI=1S/C13H18O4/c1-9-13(15)11(14)7-12(17-9)16-8-10-5-3-2-4-6-10/h2-6,9,11-15H,7-8H2,1H3/t9-,11-,12-,13-/m1/s1. The van der Waals surface area contributed by atoms with Gasteiger partial charge in [0.05, 0.1) is 18.8 Å². The van der Waals surface area contributed by atoms with Crippen LogP contribution in [0.3, 0.4) is 0 Å². The maximum atomic E-state index is 9.61. The van der Waals surface area contributed by atoms with Gasteiger partial charge in [0.1, 0.15) is 6.10 Å². The minimum absolute atomic E-state index is 0.304. The van der Waals surface area contributed by atoms with Crippen LogP contribution in [0.5, 0.6) is 0 Å². The van der Waals surface area contributed by atoms with Crippen LogP contribution >= 0.6 is 0 Å². The third-order valence-corrected chi connectivity index (χ3v) is 2.95. The normalized spacial score (nSPS) is 33.6. The van der Waals surface area contributed by atoms with Crippen LogP contribution in [0.15, 0.2) is 30.3 Å². The topological polar surface area (TPSA) is 58.9 Å². The molecule has 2 N–H and O–H groups in total. The van der Waals surface area contributed by atoms with Crippen molar-refractivity contribution in [2.24, 2.45) is 0 Å². The largest absolute Gasteiger partial charge is 0.390 e. The Bertz CT molecular complexity index is 329. The van der Waals surface area contributed by atoms with E-state index in [-0.39, 0.29) is 0 Å². The van der Waals surface area contributed by atoms with E-state index in [1.54, 1.807) is 6.92 Å². The first kappa shape index (κ1) is 12.5. The number of aliphatic hydroxyl groups is 2. The van der Waals surface area contributed by atoms with Gasteiger partial charge in [-0.3, -0.25) is 0 Å². The highest BCUT2D eigenvalue weighted by Crippen LogP contribution is 2.21. The molecule has 1 heterocycles. The van der Waals surface area contributed by atoms with E-state index in [1.807, 2.05) is 30.3 Å². The molecule has 0 radical (unpaired) electrons. The Morgan fingerprint density at radius 1 is 1.29 bits per heavy atom. The fourth-order valence-corrected chi connectivity index (χ4v) is 1.90. The molecular formula is C13H18O4. The predicted octanol–water partition coefficient (Wildman–Crippen LogP) is 1.06. The third-order valence-electron chi connectivity index (χ3n) is 2.95. The van der Waals surface area contributed by atoms with Crippen molar-refractivity contribution in [3.63, 3.8) is 0 Å². The van der Waals surface area contributed by atoms with Crippen molar-refractivity contribution in [2.45, 2.75) is 44.6 Å². The molecule has 0 saturated carbocycles. The average Bonchev–Trinajstić information content (AvgIpc) is 2.34. The molecule has 0 aliphatic carbocycles. The molecule has 4 nitrogen and oxygen atoms in total. The first-order valence-electron chi connectivity index (χ1n) is 5.84. The Morgan fingerprint density at radius 2 is 2.00 bits per heavy atom. The quantitative estimate of drug-likeness (QED) is 0.826. The van der Waals surface area contributed by atoms with Gasteiger partial charge in [-0.15, -0.1) is 0 Å². The zero-order valence-corrected chi connectivity index (χ0v) is 9.82. The summed E-state index contributed by atoms with van der Waals surface area (Å²) in [6, 6.07) is 9.78. The molecule has 1 aliphatic rings. The van der Waals surface area contributed by atoms with Gasteiger partial charge in [0, 0.05) is 6.42 Å². The average molecular weight is 238 g/mol. The van der Waals surface area contributed by atoms with Crippen molar-refractivity contribution in [3.05, 3.63) is 35.9 Å². The molecule has 0 amide bonds. The van der Waals surface area contributed by atoms with Crippen molar-refractivity contribution in [1.82, 2.24) is 0 Å². The Labute approximate surface area is 101 Å². The van der Waals surface area contributed by atoms with Crippen LogP contribution in [0, 0.1) is 0 Å². The van der Waals surface area contributed by atoms with Gasteiger partial charge in [0.15, 0.2) is 6.29 Å². The molecule has 1 aromatic carbocycles. The van der Waals surface area contributed by atoms with Gasteiger partial charge in [-0.2, -0.15) is 0 Å². The van der Waals surface area contributed by atoms with E-state index >= 15 is 0 Å². The van der Waals surface area contributed by atoms with Gasteiger partial charge in [-0.05, 0) is 12.5 Å². The Kier molecular flexibility index (Phi) is 4.12. The van der Waals surface area contributed by atoms with Crippen molar-refractivity contribution in [1.29, 1.82) is 0 Å². The van der Waals surface area contributed by atoms with E-state index in [1.165, 1.54) is 0 Å². The smallest absolute Gasteiger partial charge is 0.161 e. The number of hydrogen-bond acceptors (Lipinski definition) is 4. The van der Waals surface area contributed by atoms with Gasteiger partial charge in [0.25, 0.3) is 0 Å². The SMILES string of the molecule is C[C@H]1O[C@@H](OCc2ccccc2)C[C@@H](O)[C@@H]1O. The Balaban J connectivity index is 1.84. The molecule has 1 saturated heterocycles. The van der Waals surface area contributed by atoms with E-state index in [9.17, 15) is 10.2 Å². The molecule has 0 unspecified atom stereocenters. The monoisotopic (exact) mass is 238 g/mol. The third kappa shape index (κ3) is 3.26. The summed E-state index contributed by atoms with van der Waals surface area (Å²) in [7, 11) is 0. The molecular weight excluding hydrogens is 220 g/mol. The summed E-state index contributed by atoms with van der Waals surface area (Å²) in [6.45, 7) is 2.17. The lowest BCUT2D eigenvalue weighted by Gasteiger charge is -2.35. The molecule has 2 rings (SSSR count). The molecule has 94 valence electrons. The summed E-state index contributed by atoms with van der Waals surface area (Å²) < 4.78 is 11.0. The molecule has 1 aliphatic heterocycles. The lowest BCUT2D eigenvalue weighted by atomic mass is 10.0. The van der Waals surface area contributed by atoms with E-state index in [4.69, 9.17) is 9.47 Å². The number of hydrogen-bond donors (Lipinski definition) is 2. The Morgan fingerprint density at radius 3 is 2.65 bits per heavy atom. The second-order valence-electron chi connectivity index (χ2n) is 4.36. The van der Waals surface area contributed by atoms with Crippen LogP contribution in [0.4, 0.5) is 0 Å². The minimum atomic E-state index is -0.827. The zero-order chi connectivity index (χ0) is 12.3. The molecule has 17 heavy (non-hydrogen) atoms. The van der Waals surface area contributed by atoms with Crippen molar-refractivity contribution >= 4 is 0 Å². The molecule has 4 atom stereocenters. The van der Waals surface area contributed by atoms with E-state index in [2.05, 4.69) is 0 Å². The van der Waals surface area contributed by atoms with Crippen LogP contribution in [0.25, 0.3) is 0 Å².